The van der Waals surface area contributed by atoms with Crippen molar-refractivity contribution in [1.29, 1.82) is 0 Å². The zero-order valence-corrected chi connectivity index (χ0v) is 19.1. The van der Waals surface area contributed by atoms with Gasteiger partial charge in [0.15, 0.2) is 9.84 Å². The summed E-state index contributed by atoms with van der Waals surface area (Å²) < 4.78 is 25.7. The summed E-state index contributed by atoms with van der Waals surface area (Å²) in [4.78, 5) is 16.8. The number of rotatable bonds is 6. The predicted octanol–water partition coefficient (Wildman–Crippen LogP) is 1.30. The SMILES string of the molecule is Cc1nn(C2CCS(=O)(=O)C2)c(C)c1N1CCN(CC(=O)NCc2ccccc2)CC1. The van der Waals surface area contributed by atoms with Crippen molar-refractivity contribution in [1.82, 2.24) is 20.0 Å². The topological polar surface area (TPSA) is 87.5 Å². The lowest BCUT2D eigenvalue weighted by Crippen LogP contribution is -2.49. The lowest BCUT2D eigenvalue weighted by molar-refractivity contribution is -0.122. The molecule has 0 bridgehead atoms. The van der Waals surface area contributed by atoms with E-state index in [-0.39, 0.29) is 23.5 Å². The fourth-order valence-electron chi connectivity index (χ4n) is 4.62. The van der Waals surface area contributed by atoms with Crippen molar-refractivity contribution >= 4 is 21.4 Å². The molecule has 1 aromatic carbocycles. The van der Waals surface area contributed by atoms with E-state index >= 15 is 0 Å². The van der Waals surface area contributed by atoms with Crippen LogP contribution in [0.5, 0.6) is 0 Å². The summed E-state index contributed by atoms with van der Waals surface area (Å²) in [6, 6.07) is 9.85. The fraction of sp³-hybridized carbons (Fsp3) is 0.545. The maximum absolute atomic E-state index is 12.3. The van der Waals surface area contributed by atoms with E-state index in [1.807, 2.05) is 48.9 Å². The summed E-state index contributed by atoms with van der Waals surface area (Å²) >= 11 is 0. The van der Waals surface area contributed by atoms with Crippen LogP contribution in [0, 0.1) is 13.8 Å². The number of hydrogen-bond donors (Lipinski definition) is 1. The molecule has 2 aliphatic heterocycles. The molecule has 2 aliphatic rings. The second-order valence-electron chi connectivity index (χ2n) is 8.55. The van der Waals surface area contributed by atoms with Crippen molar-refractivity contribution in [3.63, 3.8) is 0 Å². The maximum Gasteiger partial charge on any atom is 0.234 e. The average Bonchev–Trinajstić information content (AvgIpc) is 3.26. The van der Waals surface area contributed by atoms with Crippen LogP contribution in [0.15, 0.2) is 30.3 Å². The quantitative estimate of drug-likeness (QED) is 0.721. The second kappa shape index (κ2) is 9.00. The number of sulfone groups is 1. The second-order valence-corrected chi connectivity index (χ2v) is 10.8. The predicted molar refractivity (Wildman–Crippen MR) is 121 cm³/mol. The number of benzene rings is 1. The van der Waals surface area contributed by atoms with Crippen LogP contribution in [0.4, 0.5) is 5.69 Å². The number of nitrogens with one attached hydrogen (secondary N) is 1. The van der Waals surface area contributed by atoms with Gasteiger partial charge in [0.2, 0.25) is 5.91 Å². The lowest BCUT2D eigenvalue weighted by Gasteiger charge is -2.36. The number of amides is 1. The van der Waals surface area contributed by atoms with Crippen LogP contribution in [0.1, 0.15) is 29.4 Å². The van der Waals surface area contributed by atoms with Crippen LogP contribution < -0.4 is 10.2 Å². The smallest absolute Gasteiger partial charge is 0.234 e. The summed E-state index contributed by atoms with van der Waals surface area (Å²) in [6.07, 6.45) is 0.635. The molecule has 1 aromatic heterocycles. The first-order valence-electron chi connectivity index (χ1n) is 10.9. The number of aromatic nitrogens is 2. The van der Waals surface area contributed by atoms with E-state index in [1.54, 1.807) is 0 Å². The molecule has 2 aromatic rings. The Kier molecular flexibility index (Phi) is 6.34. The maximum atomic E-state index is 12.3. The van der Waals surface area contributed by atoms with Gasteiger partial charge in [-0.3, -0.25) is 14.4 Å². The Morgan fingerprint density at radius 1 is 1.13 bits per heavy atom. The first kappa shape index (κ1) is 21.8. The Morgan fingerprint density at radius 3 is 2.48 bits per heavy atom. The molecule has 0 saturated carbocycles. The molecule has 31 heavy (non-hydrogen) atoms. The van der Waals surface area contributed by atoms with Gasteiger partial charge < -0.3 is 10.2 Å². The highest BCUT2D eigenvalue weighted by Crippen LogP contribution is 2.31. The van der Waals surface area contributed by atoms with E-state index in [4.69, 9.17) is 0 Å². The minimum Gasteiger partial charge on any atom is -0.366 e. The molecular weight excluding hydrogens is 414 g/mol. The van der Waals surface area contributed by atoms with Crippen molar-refractivity contribution in [2.45, 2.75) is 32.9 Å². The number of carbonyl (C=O) groups excluding carboxylic acids is 1. The van der Waals surface area contributed by atoms with Crippen molar-refractivity contribution < 1.29 is 13.2 Å². The van der Waals surface area contributed by atoms with Crippen molar-refractivity contribution in [3.05, 3.63) is 47.3 Å². The van der Waals surface area contributed by atoms with E-state index < -0.39 is 9.84 Å². The fourth-order valence-corrected chi connectivity index (χ4v) is 6.31. The Hall–Kier alpha value is -2.39. The van der Waals surface area contributed by atoms with E-state index in [1.165, 1.54) is 0 Å². The van der Waals surface area contributed by atoms with Crippen molar-refractivity contribution in [3.8, 4) is 0 Å². The molecule has 0 spiro atoms. The average molecular weight is 446 g/mol. The monoisotopic (exact) mass is 445 g/mol. The number of anilines is 1. The van der Waals surface area contributed by atoms with Gasteiger partial charge in [-0.05, 0) is 25.8 Å². The van der Waals surface area contributed by atoms with Crippen LogP contribution in [-0.4, -0.2) is 73.2 Å². The highest BCUT2D eigenvalue weighted by Gasteiger charge is 2.32. The first-order chi connectivity index (χ1) is 14.8. The molecule has 1 unspecified atom stereocenters. The van der Waals surface area contributed by atoms with Gasteiger partial charge in [-0.2, -0.15) is 5.10 Å². The Morgan fingerprint density at radius 2 is 1.84 bits per heavy atom. The zero-order valence-electron chi connectivity index (χ0n) is 18.2. The standard InChI is InChI=1S/C22H31N5O3S/c1-17-22(18(2)27(24-17)20-8-13-31(29,30)16-20)26-11-9-25(10-12-26)15-21(28)23-14-19-6-4-3-5-7-19/h3-7,20H,8-16H2,1-2H3,(H,23,28). The molecule has 168 valence electrons. The van der Waals surface area contributed by atoms with Gasteiger partial charge in [0, 0.05) is 32.7 Å². The summed E-state index contributed by atoms with van der Waals surface area (Å²) in [5, 5.41) is 7.68. The third-order valence-electron chi connectivity index (χ3n) is 6.23. The molecular formula is C22H31N5O3S. The summed E-state index contributed by atoms with van der Waals surface area (Å²) in [6.45, 7) is 8.23. The Bertz CT molecular complexity index is 1030. The van der Waals surface area contributed by atoms with Crippen LogP contribution in [0.25, 0.3) is 0 Å². The molecule has 1 N–H and O–H groups in total. The third-order valence-corrected chi connectivity index (χ3v) is 7.98. The molecule has 9 heteroatoms. The molecule has 8 nitrogen and oxygen atoms in total. The highest BCUT2D eigenvalue weighted by atomic mass is 32.2. The molecule has 3 heterocycles. The van der Waals surface area contributed by atoms with Crippen LogP contribution in [0.3, 0.4) is 0 Å². The summed E-state index contributed by atoms with van der Waals surface area (Å²) in [5.74, 6) is 0.469. The third kappa shape index (κ3) is 5.10. The minimum absolute atomic E-state index is 0.0416. The van der Waals surface area contributed by atoms with Gasteiger partial charge in [-0.15, -0.1) is 0 Å². The van der Waals surface area contributed by atoms with Gasteiger partial charge in [-0.25, -0.2) is 8.42 Å². The van der Waals surface area contributed by atoms with Crippen LogP contribution in [0.2, 0.25) is 0 Å². The molecule has 0 radical (unpaired) electrons. The molecule has 4 rings (SSSR count). The van der Waals surface area contributed by atoms with Gasteiger partial charge in [-0.1, -0.05) is 30.3 Å². The molecule has 2 saturated heterocycles. The molecule has 1 atom stereocenters. The van der Waals surface area contributed by atoms with Gasteiger partial charge in [0.1, 0.15) is 0 Å². The van der Waals surface area contributed by atoms with Gasteiger partial charge in [0.25, 0.3) is 0 Å². The number of aryl methyl sites for hydroxylation is 1. The summed E-state index contributed by atoms with van der Waals surface area (Å²) in [7, 11) is -2.95. The number of carbonyl (C=O) groups is 1. The normalized spacial score (nSPS) is 21.4. The Labute approximate surface area is 184 Å². The van der Waals surface area contributed by atoms with Crippen molar-refractivity contribution in [2.75, 3.05) is 49.1 Å². The molecule has 2 fully saturated rings. The first-order valence-corrected chi connectivity index (χ1v) is 12.7. The van der Waals surface area contributed by atoms with Gasteiger partial charge >= 0.3 is 0 Å². The van der Waals surface area contributed by atoms with Crippen molar-refractivity contribution in [2.24, 2.45) is 0 Å². The largest absolute Gasteiger partial charge is 0.366 e. The Balaban J connectivity index is 1.31. The minimum atomic E-state index is -2.95. The number of hydrogen-bond acceptors (Lipinski definition) is 6. The van der Waals surface area contributed by atoms with E-state index in [0.29, 0.717) is 19.5 Å². The van der Waals surface area contributed by atoms with E-state index in [0.717, 1.165) is 48.8 Å². The highest BCUT2D eigenvalue weighted by molar-refractivity contribution is 7.91. The van der Waals surface area contributed by atoms with E-state index in [9.17, 15) is 13.2 Å². The molecule has 0 aliphatic carbocycles. The molecule has 1 amide bonds. The zero-order chi connectivity index (χ0) is 22.0. The number of nitrogens with zero attached hydrogens (tertiary/aromatic N) is 4. The van der Waals surface area contributed by atoms with E-state index in [2.05, 4.69) is 20.2 Å². The van der Waals surface area contributed by atoms with Crippen LogP contribution in [-0.2, 0) is 21.2 Å². The van der Waals surface area contributed by atoms with Crippen LogP contribution >= 0.6 is 0 Å². The number of piperazine rings is 1. The summed E-state index contributed by atoms with van der Waals surface area (Å²) in [5.41, 5.74) is 4.18. The lowest BCUT2D eigenvalue weighted by atomic mass is 10.2. The van der Waals surface area contributed by atoms with Gasteiger partial charge in [0.05, 0.1) is 41.2 Å².